The van der Waals surface area contributed by atoms with Crippen LogP contribution in [0.2, 0.25) is 0 Å². The van der Waals surface area contributed by atoms with Crippen LogP contribution in [-0.2, 0) is 11.2 Å². The second-order valence-corrected chi connectivity index (χ2v) is 8.53. The molecule has 3 rings (SSSR count). The summed E-state index contributed by atoms with van der Waals surface area (Å²) in [5, 5.41) is 2.67. The van der Waals surface area contributed by atoms with Gasteiger partial charge in [0, 0.05) is 6.54 Å². The number of halogens is 3. The number of benzene rings is 2. The SMILES string of the molecule is CCCC(OCC(C)Oc1nc(F)c(F)c(NCCCCc2ccccc2)c1F)c1ccccc1. The third-order valence-electron chi connectivity index (χ3n) is 5.61. The van der Waals surface area contributed by atoms with E-state index in [-0.39, 0.29) is 19.3 Å². The molecule has 2 unspecified atom stereocenters. The zero-order chi connectivity index (χ0) is 25.0. The van der Waals surface area contributed by atoms with Crippen molar-refractivity contribution in [1.82, 2.24) is 4.98 Å². The monoisotopic (exact) mass is 486 g/mol. The first-order valence-corrected chi connectivity index (χ1v) is 12.1. The maximum absolute atomic E-state index is 14.9. The number of nitrogens with one attached hydrogen (secondary N) is 1. The lowest BCUT2D eigenvalue weighted by Crippen LogP contribution is -2.23. The number of rotatable bonds is 14. The number of pyridine rings is 1. The van der Waals surface area contributed by atoms with Crippen molar-refractivity contribution in [2.24, 2.45) is 0 Å². The zero-order valence-corrected chi connectivity index (χ0v) is 20.3. The Morgan fingerprint density at radius 1 is 0.914 bits per heavy atom. The normalized spacial score (nSPS) is 12.8. The van der Waals surface area contributed by atoms with Crippen molar-refractivity contribution in [2.45, 2.75) is 58.2 Å². The maximum Gasteiger partial charge on any atom is 0.255 e. The van der Waals surface area contributed by atoms with Gasteiger partial charge in [0.1, 0.15) is 11.8 Å². The molecule has 0 aliphatic rings. The van der Waals surface area contributed by atoms with E-state index in [0.717, 1.165) is 31.2 Å². The average Bonchev–Trinajstić information content (AvgIpc) is 2.88. The summed E-state index contributed by atoms with van der Waals surface area (Å²) in [5.41, 5.74) is 1.67. The van der Waals surface area contributed by atoms with Gasteiger partial charge in [-0.3, -0.25) is 0 Å². The van der Waals surface area contributed by atoms with Crippen LogP contribution in [0.1, 0.15) is 56.8 Å². The predicted octanol–water partition coefficient (Wildman–Crippen LogP) is 7.26. The molecule has 1 aromatic heterocycles. The van der Waals surface area contributed by atoms with E-state index in [2.05, 4.69) is 17.2 Å². The number of nitrogens with zero attached hydrogens (tertiary/aromatic N) is 1. The van der Waals surface area contributed by atoms with Crippen molar-refractivity contribution < 1.29 is 22.6 Å². The second kappa shape index (κ2) is 13.7. The van der Waals surface area contributed by atoms with Gasteiger partial charge in [0.25, 0.3) is 11.8 Å². The van der Waals surface area contributed by atoms with Gasteiger partial charge >= 0.3 is 0 Å². The molecule has 7 heteroatoms. The summed E-state index contributed by atoms with van der Waals surface area (Å²) in [6, 6.07) is 19.7. The summed E-state index contributed by atoms with van der Waals surface area (Å²) < 4.78 is 54.8. The van der Waals surface area contributed by atoms with Gasteiger partial charge < -0.3 is 14.8 Å². The van der Waals surface area contributed by atoms with E-state index < -0.39 is 35.3 Å². The van der Waals surface area contributed by atoms with Crippen molar-refractivity contribution in [2.75, 3.05) is 18.5 Å². The summed E-state index contributed by atoms with van der Waals surface area (Å²) in [5.74, 6) is -4.39. The van der Waals surface area contributed by atoms with Crippen molar-refractivity contribution >= 4 is 5.69 Å². The molecule has 1 N–H and O–H groups in total. The predicted molar refractivity (Wildman–Crippen MR) is 132 cm³/mol. The smallest absolute Gasteiger partial charge is 0.255 e. The highest BCUT2D eigenvalue weighted by atomic mass is 19.2. The zero-order valence-electron chi connectivity index (χ0n) is 20.3. The molecule has 0 amide bonds. The highest BCUT2D eigenvalue weighted by molar-refractivity contribution is 5.49. The van der Waals surface area contributed by atoms with Crippen LogP contribution < -0.4 is 10.1 Å². The Kier molecular flexibility index (Phi) is 10.4. The Bertz CT molecular complexity index is 1040. The first-order valence-electron chi connectivity index (χ1n) is 12.1. The number of aromatic nitrogens is 1. The number of anilines is 1. The topological polar surface area (TPSA) is 43.4 Å². The first kappa shape index (κ1) is 26.5. The van der Waals surface area contributed by atoms with Crippen LogP contribution in [0.3, 0.4) is 0 Å². The lowest BCUT2D eigenvalue weighted by Gasteiger charge is -2.21. The van der Waals surface area contributed by atoms with E-state index in [9.17, 15) is 13.2 Å². The van der Waals surface area contributed by atoms with Crippen molar-refractivity contribution in [1.29, 1.82) is 0 Å². The molecule has 0 spiro atoms. The highest BCUT2D eigenvalue weighted by Gasteiger charge is 2.23. The van der Waals surface area contributed by atoms with Gasteiger partial charge in [-0.1, -0.05) is 74.0 Å². The summed E-state index contributed by atoms with van der Waals surface area (Å²) in [4.78, 5) is 3.34. The van der Waals surface area contributed by atoms with E-state index in [0.29, 0.717) is 6.42 Å². The minimum absolute atomic E-state index is 0.136. The Hall–Kier alpha value is -3.06. The number of hydrogen-bond acceptors (Lipinski definition) is 4. The summed E-state index contributed by atoms with van der Waals surface area (Å²) in [6.45, 7) is 4.17. The standard InChI is InChI=1S/C28H33F3N2O2/c1-3-12-23(22-16-8-5-9-17-22)34-19-20(2)35-28-25(30)26(24(29)27(31)33-28)32-18-11-10-15-21-13-6-4-7-14-21/h4-9,13-14,16-17,20,23H,3,10-12,15,18-19H2,1-2H3,(H,32,33). The van der Waals surface area contributed by atoms with Crippen LogP contribution in [0.25, 0.3) is 0 Å². The molecule has 0 radical (unpaired) electrons. The fourth-order valence-electron chi connectivity index (χ4n) is 3.79. The second-order valence-electron chi connectivity index (χ2n) is 8.53. The summed E-state index contributed by atoms with van der Waals surface area (Å²) in [6.07, 6.45) is 3.32. The third-order valence-corrected chi connectivity index (χ3v) is 5.61. The van der Waals surface area contributed by atoms with Gasteiger partial charge in [0.05, 0.1) is 12.7 Å². The van der Waals surface area contributed by atoms with Gasteiger partial charge in [-0.05, 0) is 43.7 Å². The molecule has 0 saturated heterocycles. The van der Waals surface area contributed by atoms with Crippen LogP contribution >= 0.6 is 0 Å². The largest absolute Gasteiger partial charge is 0.470 e. The first-order chi connectivity index (χ1) is 17.0. The van der Waals surface area contributed by atoms with Gasteiger partial charge in [-0.2, -0.15) is 18.2 Å². The van der Waals surface area contributed by atoms with Gasteiger partial charge in [-0.15, -0.1) is 0 Å². The molecule has 35 heavy (non-hydrogen) atoms. The quantitative estimate of drug-likeness (QED) is 0.192. The van der Waals surface area contributed by atoms with Crippen LogP contribution in [0, 0.1) is 17.6 Å². The van der Waals surface area contributed by atoms with Crippen molar-refractivity contribution in [3.05, 3.63) is 89.4 Å². The van der Waals surface area contributed by atoms with Crippen LogP contribution in [0.4, 0.5) is 18.9 Å². The van der Waals surface area contributed by atoms with Gasteiger partial charge in [0.2, 0.25) is 11.6 Å². The molecular formula is C28H33F3N2O2. The molecule has 0 aliphatic heterocycles. The molecule has 1 heterocycles. The average molecular weight is 487 g/mol. The fourth-order valence-corrected chi connectivity index (χ4v) is 3.79. The molecule has 0 fully saturated rings. The van der Waals surface area contributed by atoms with Gasteiger partial charge in [-0.25, -0.2) is 0 Å². The molecule has 2 aromatic carbocycles. The molecular weight excluding hydrogens is 453 g/mol. The lowest BCUT2D eigenvalue weighted by molar-refractivity contribution is -0.00219. The number of aryl methyl sites for hydroxylation is 1. The molecule has 3 aromatic rings. The van der Waals surface area contributed by atoms with Crippen LogP contribution in [0.5, 0.6) is 5.88 Å². The molecule has 2 atom stereocenters. The molecule has 0 saturated carbocycles. The number of ether oxygens (including phenoxy) is 2. The molecule has 188 valence electrons. The maximum atomic E-state index is 14.9. The van der Waals surface area contributed by atoms with E-state index in [1.54, 1.807) is 6.92 Å². The Morgan fingerprint density at radius 3 is 2.29 bits per heavy atom. The van der Waals surface area contributed by atoms with Crippen molar-refractivity contribution in [3.8, 4) is 5.88 Å². The Labute approximate surface area is 205 Å². The highest BCUT2D eigenvalue weighted by Crippen LogP contribution is 2.29. The fraction of sp³-hybridized carbons (Fsp3) is 0.393. The van der Waals surface area contributed by atoms with Gasteiger partial charge in [0.15, 0.2) is 0 Å². The minimum atomic E-state index is -1.41. The molecule has 0 bridgehead atoms. The lowest BCUT2D eigenvalue weighted by atomic mass is 10.1. The number of unbranched alkanes of at least 4 members (excludes halogenated alkanes) is 1. The van der Waals surface area contributed by atoms with Crippen LogP contribution in [-0.4, -0.2) is 24.2 Å². The Morgan fingerprint density at radius 2 is 1.60 bits per heavy atom. The third kappa shape index (κ3) is 7.99. The van der Waals surface area contributed by atoms with Crippen molar-refractivity contribution in [3.63, 3.8) is 0 Å². The van der Waals surface area contributed by atoms with E-state index in [1.807, 2.05) is 60.7 Å². The summed E-state index contributed by atoms with van der Waals surface area (Å²) >= 11 is 0. The van der Waals surface area contributed by atoms with E-state index >= 15 is 0 Å². The van der Waals surface area contributed by atoms with E-state index in [4.69, 9.17) is 9.47 Å². The summed E-state index contributed by atoms with van der Waals surface area (Å²) in [7, 11) is 0. The van der Waals surface area contributed by atoms with E-state index in [1.165, 1.54) is 5.56 Å². The molecule has 4 nitrogen and oxygen atoms in total. The van der Waals surface area contributed by atoms with Crippen LogP contribution in [0.15, 0.2) is 60.7 Å². The molecule has 0 aliphatic carbocycles. The minimum Gasteiger partial charge on any atom is -0.470 e. The Balaban J connectivity index is 1.55. The number of hydrogen-bond donors (Lipinski definition) is 1.